The van der Waals surface area contributed by atoms with Crippen molar-refractivity contribution >= 4 is 12.0 Å². The van der Waals surface area contributed by atoms with E-state index in [9.17, 15) is 9.90 Å². The molecular weight excluding hydrogens is 304 g/mol. The predicted molar refractivity (Wildman–Crippen MR) is 91.3 cm³/mol. The number of amides is 1. The number of rotatable bonds is 1. The second kappa shape index (κ2) is 6.07. The van der Waals surface area contributed by atoms with Crippen LogP contribution in [0.1, 0.15) is 18.4 Å². The number of carbonyl (C=O) groups excluding carboxylic acids is 1. The maximum atomic E-state index is 12.9. The average Bonchev–Trinajstić information content (AvgIpc) is 2.82. The van der Waals surface area contributed by atoms with Gasteiger partial charge in [-0.2, -0.15) is 0 Å². The first-order valence-electron chi connectivity index (χ1n) is 8.52. The van der Waals surface area contributed by atoms with Crippen molar-refractivity contribution in [2.75, 3.05) is 26.2 Å². The van der Waals surface area contributed by atoms with Crippen LogP contribution in [-0.2, 0) is 4.79 Å². The molecule has 0 unspecified atom stereocenters. The van der Waals surface area contributed by atoms with Crippen molar-refractivity contribution in [2.45, 2.75) is 18.4 Å². The average molecular weight is 326 g/mol. The highest BCUT2D eigenvalue weighted by molar-refractivity contribution is 6.01. The summed E-state index contributed by atoms with van der Waals surface area (Å²) < 4.78 is 5.56. The standard InChI is InChI=1S/C19H22N2O3/c22-18(15-5-10-24-17-4-2-1-3-14(17)11-15)21-9-7-19(23)6-8-20-12-16(19)13-21/h1-5,10-11,16,20,23H,6-9,12-13H2/t16-,19-/m1/s1. The van der Waals surface area contributed by atoms with Gasteiger partial charge in [-0.05, 0) is 37.6 Å². The monoisotopic (exact) mass is 326 g/mol. The maximum Gasteiger partial charge on any atom is 0.254 e. The van der Waals surface area contributed by atoms with Crippen LogP contribution in [0.5, 0.6) is 5.75 Å². The summed E-state index contributed by atoms with van der Waals surface area (Å²) in [5.41, 5.74) is 0.902. The molecule has 126 valence electrons. The zero-order chi connectivity index (χ0) is 16.6. The van der Waals surface area contributed by atoms with E-state index in [4.69, 9.17) is 4.74 Å². The van der Waals surface area contributed by atoms with Gasteiger partial charge in [0.15, 0.2) is 0 Å². The largest absolute Gasteiger partial charge is 0.464 e. The first-order valence-corrected chi connectivity index (χ1v) is 8.52. The molecule has 0 aliphatic carbocycles. The molecule has 5 nitrogen and oxygen atoms in total. The third-order valence-electron chi connectivity index (χ3n) is 5.35. The highest BCUT2D eigenvalue weighted by Gasteiger charge is 2.44. The van der Waals surface area contributed by atoms with Gasteiger partial charge in [-0.15, -0.1) is 0 Å². The highest BCUT2D eigenvalue weighted by Crippen LogP contribution is 2.34. The number of piperidine rings is 2. The Kier molecular flexibility index (Phi) is 3.90. The summed E-state index contributed by atoms with van der Waals surface area (Å²) in [4.78, 5) is 14.8. The molecule has 1 aromatic carbocycles. The van der Waals surface area contributed by atoms with Crippen LogP contribution in [0.25, 0.3) is 6.08 Å². The van der Waals surface area contributed by atoms with Crippen molar-refractivity contribution < 1.29 is 14.6 Å². The van der Waals surface area contributed by atoms with E-state index in [2.05, 4.69) is 5.32 Å². The number of hydrogen-bond donors (Lipinski definition) is 2. The zero-order valence-corrected chi connectivity index (χ0v) is 13.6. The Morgan fingerprint density at radius 3 is 3.12 bits per heavy atom. The van der Waals surface area contributed by atoms with Crippen molar-refractivity contribution in [3.63, 3.8) is 0 Å². The number of hydrogen-bond acceptors (Lipinski definition) is 4. The number of ether oxygens (including phenoxy) is 1. The van der Waals surface area contributed by atoms with Crippen LogP contribution < -0.4 is 10.1 Å². The minimum absolute atomic E-state index is 0.000762. The molecule has 0 aromatic heterocycles. The Labute approximate surface area is 141 Å². The maximum absolute atomic E-state index is 12.9. The van der Waals surface area contributed by atoms with Crippen molar-refractivity contribution in [3.8, 4) is 5.75 Å². The smallest absolute Gasteiger partial charge is 0.254 e. The third kappa shape index (κ3) is 2.74. The molecular formula is C19H22N2O3. The van der Waals surface area contributed by atoms with Crippen LogP contribution >= 0.6 is 0 Å². The number of benzene rings is 1. The van der Waals surface area contributed by atoms with Gasteiger partial charge in [0.2, 0.25) is 0 Å². The Bertz CT molecular complexity index is 712. The van der Waals surface area contributed by atoms with E-state index in [-0.39, 0.29) is 11.8 Å². The molecule has 3 aliphatic heterocycles. The SMILES string of the molecule is O=C(C1=Cc2ccccc2OC=C1)N1CC[C@]2(O)CCNC[C@@H]2C1. The summed E-state index contributed by atoms with van der Waals surface area (Å²) in [7, 11) is 0. The molecule has 3 aliphatic rings. The Morgan fingerprint density at radius 2 is 2.21 bits per heavy atom. The van der Waals surface area contributed by atoms with Gasteiger partial charge in [-0.3, -0.25) is 4.79 Å². The fraction of sp³-hybridized carbons (Fsp3) is 0.421. The van der Waals surface area contributed by atoms with Crippen molar-refractivity contribution in [1.82, 2.24) is 10.2 Å². The number of fused-ring (bicyclic) bond motifs is 2. The van der Waals surface area contributed by atoms with Crippen LogP contribution in [0.15, 0.2) is 42.2 Å². The predicted octanol–water partition coefficient (Wildman–Crippen LogP) is 1.55. The van der Waals surface area contributed by atoms with Gasteiger partial charge in [0, 0.05) is 36.7 Å². The van der Waals surface area contributed by atoms with E-state index in [0.29, 0.717) is 25.1 Å². The molecule has 1 amide bonds. The van der Waals surface area contributed by atoms with E-state index in [1.54, 1.807) is 12.3 Å². The summed E-state index contributed by atoms with van der Waals surface area (Å²) in [6.45, 7) is 2.81. The molecule has 5 heteroatoms. The van der Waals surface area contributed by atoms with Gasteiger partial charge in [0.1, 0.15) is 5.75 Å². The number of para-hydroxylation sites is 1. The highest BCUT2D eigenvalue weighted by atomic mass is 16.5. The lowest BCUT2D eigenvalue weighted by atomic mass is 9.76. The lowest BCUT2D eigenvalue weighted by Crippen LogP contribution is -2.60. The zero-order valence-electron chi connectivity index (χ0n) is 13.6. The van der Waals surface area contributed by atoms with Crippen LogP contribution in [0.4, 0.5) is 0 Å². The second-order valence-electron chi connectivity index (χ2n) is 6.81. The van der Waals surface area contributed by atoms with E-state index in [1.165, 1.54) is 0 Å². The topological polar surface area (TPSA) is 61.8 Å². The summed E-state index contributed by atoms with van der Waals surface area (Å²) in [6.07, 6.45) is 6.58. The number of nitrogens with one attached hydrogen (secondary N) is 1. The van der Waals surface area contributed by atoms with Crippen LogP contribution in [0, 0.1) is 5.92 Å². The second-order valence-corrected chi connectivity index (χ2v) is 6.81. The minimum Gasteiger partial charge on any atom is -0.464 e. The number of nitrogens with zero attached hydrogens (tertiary/aromatic N) is 1. The van der Waals surface area contributed by atoms with Crippen molar-refractivity contribution in [1.29, 1.82) is 0 Å². The third-order valence-corrected chi connectivity index (χ3v) is 5.35. The fourth-order valence-electron chi connectivity index (χ4n) is 3.83. The van der Waals surface area contributed by atoms with Crippen LogP contribution in [0.2, 0.25) is 0 Å². The molecule has 2 atom stereocenters. The first kappa shape index (κ1) is 15.4. The number of likely N-dealkylation sites (tertiary alicyclic amines) is 1. The number of carbonyl (C=O) groups is 1. The molecule has 24 heavy (non-hydrogen) atoms. The van der Waals surface area contributed by atoms with Crippen LogP contribution in [0.3, 0.4) is 0 Å². The van der Waals surface area contributed by atoms with E-state index in [0.717, 1.165) is 30.8 Å². The van der Waals surface area contributed by atoms with Crippen molar-refractivity contribution in [3.05, 3.63) is 47.7 Å². The van der Waals surface area contributed by atoms with Gasteiger partial charge in [-0.1, -0.05) is 18.2 Å². The Hall–Kier alpha value is -2.11. The minimum atomic E-state index is -0.620. The molecule has 0 radical (unpaired) electrons. The normalized spacial score (nSPS) is 29.0. The lowest BCUT2D eigenvalue weighted by Gasteiger charge is -2.47. The summed E-state index contributed by atoms with van der Waals surface area (Å²) in [5.74, 6) is 0.850. The van der Waals surface area contributed by atoms with E-state index < -0.39 is 5.60 Å². The molecule has 0 spiro atoms. The quantitative estimate of drug-likeness (QED) is 0.822. The van der Waals surface area contributed by atoms with Crippen molar-refractivity contribution in [2.24, 2.45) is 5.92 Å². The fourth-order valence-corrected chi connectivity index (χ4v) is 3.83. The van der Waals surface area contributed by atoms with Gasteiger partial charge >= 0.3 is 0 Å². The molecule has 1 aromatic rings. The Balaban J connectivity index is 1.55. The van der Waals surface area contributed by atoms with Gasteiger partial charge in [0.05, 0.1) is 11.9 Å². The van der Waals surface area contributed by atoms with E-state index >= 15 is 0 Å². The summed E-state index contributed by atoms with van der Waals surface area (Å²) >= 11 is 0. The first-order chi connectivity index (χ1) is 11.7. The molecule has 3 heterocycles. The summed E-state index contributed by atoms with van der Waals surface area (Å²) in [5, 5.41) is 14.1. The molecule has 4 rings (SSSR count). The van der Waals surface area contributed by atoms with Gasteiger partial charge in [0.25, 0.3) is 5.91 Å². The Morgan fingerprint density at radius 1 is 1.33 bits per heavy atom. The van der Waals surface area contributed by atoms with Gasteiger partial charge in [-0.25, -0.2) is 0 Å². The lowest BCUT2D eigenvalue weighted by molar-refractivity contribution is -0.137. The molecule has 2 saturated heterocycles. The van der Waals surface area contributed by atoms with Crippen LogP contribution in [-0.4, -0.2) is 47.7 Å². The number of aliphatic hydroxyl groups is 1. The molecule has 0 bridgehead atoms. The molecule has 0 saturated carbocycles. The van der Waals surface area contributed by atoms with E-state index in [1.807, 2.05) is 35.2 Å². The summed E-state index contributed by atoms with van der Waals surface area (Å²) in [6, 6.07) is 7.67. The molecule has 2 fully saturated rings. The van der Waals surface area contributed by atoms with Gasteiger partial charge < -0.3 is 20.1 Å². The molecule has 2 N–H and O–H groups in total.